The Labute approximate surface area is 85.0 Å². The third-order valence-electron chi connectivity index (χ3n) is 2.03. The van der Waals surface area contributed by atoms with Crippen LogP contribution in [0, 0.1) is 0 Å². The molecule has 14 heavy (non-hydrogen) atoms. The standard InChI is InChI=1S/C10H19N3O/c1-4-5-14-10(8(2)11)9-6-12-13(3)7-9/h6-8,10H,4-5,11H2,1-3H3. The van der Waals surface area contributed by atoms with Gasteiger partial charge in [-0.05, 0) is 13.3 Å². The molecule has 0 amide bonds. The summed E-state index contributed by atoms with van der Waals surface area (Å²) < 4.78 is 7.44. The van der Waals surface area contributed by atoms with Gasteiger partial charge in [-0.25, -0.2) is 0 Å². The van der Waals surface area contributed by atoms with Crippen molar-refractivity contribution >= 4 is 0 Å². The van der Waals surface area contributed by atoms with E-state index in [0.29, 0.717) is 0 Å². The predicted molar refractivity (Wildman–Crippen MR) is 55.8 cm³/mol. The third-order valence-corrected chi connectivity index (χ3v) is 2.03. The first kappa shape index (κ1) is 11.2. The van der Waals surface area contributed by atoms with Gasteiger partial charge in [0.25, 0.3) is 0 Å². The van der Waals surface area contributed by atoms with Crippen molar-refractivity contribution in [2.45, 2.75) is 32.4 Å². The smallest absolute Gasteiger partial charge is 0.100 e. The molecule has 2 N–H and O–H groups in total. The van der Waals surface area contributed by atoms with Crippen LogP contribution in [-0.2, 0) is 11.8 Å². The van der Waals surface area contributed by atoms with Crippen LogP contribution in [0.2, 0.25) is 0 Å². The van der Waals surface area contributed by atoms with Crippen LogP contribution < -0.4 is 5.73 Å². The Bertz CT molecular complexity index is 270. The zero-order chi connectivity index (χ0) is 10.6. The van der Waals surface area contributed by atoms with Crippen LogP contribution in [0.15, 0.2) is 12.4 Å². The predicted octanol–water partition coefficient (Wildman–Crippen LogP) is 1.24. The van der Waals surface area contributed by atoms with Crippen LogP contribution in [-0.4, -0.2) is 22.4 Å². The summed E-state index contributed by atoms with van der Waals surface area (Å²) in [6.07, 6.45) is 4.72. The van der Waals surface area contributed by atoms with Gasteiger partial charge in [0.15, 0.2) is 0 Å². The first-order valence-corrected chi connectivity index (χ1v) is 5.01. The highest BCUT2D eigenvalue weighted by atomic mass is 16.5. The number of rotatable bonds is 5. The number of nitrogens with zero attached hydrogens (tertiary/aromatic N) is 2. The molecule has 0 aromatic carbocycles. The summed E-state index contributed by atoms with van der Waals surface area (Å²) >= 11 is 0. The largest absolute Gasteiger partial charge is 0.372 e. The van der Waals surface area contributed by atoms with Crippen molar-refractivity contribution < 1.29 is 4.74 Å². The second kappa shape index (κ2) is 5.12. The maximum absolute atomic E-state index is 5.86. The minimum absolute atomic E-state index is 0.00856. The maximum Gasteiger partial charge on any atom is 0.100 e. The fourth-order valence-electron chi connectivity index (χ4n) is 1.38. The van der Waals surface area contributed by atoms with Crippen molar-refractivity contribution in [2.75, 3.05) is 6.61 Å². The van der Waals surface area contributed by atoms with Gasteiger partial charge in [0.2, 0.25) is 0 Å². The third kappa shape index (κ3) is 2.82. The highest BCUT2D eigenvalue weighted by Crippen LogP contribution is 2.19. The molecule has 0 spiro atoms. The molecule has 1 rings (SSSR count). The Hall–Kier alpha value is -0.870. The lowest BCUT2D eigenvalue weighted by Gasteiger charge is -2.19. The van der Waals surface area contributed by atoms with E-state index in [1.54, 1.807) is 4.68 Å². The highest BCUT2D eigenvalue weighted by Gasteiger charge is 2.17. The Morgan fingerprint density at radius 2 is 2.36 bits per heavy atom. The number of nitrogens with two attached hydrogens (primary N) is 1. The molecular formula is C10H19N3O. The van der Waals surface area contributed by atoms with Gasteiger partial charge in [-0.3, -0.25) is 4.68 Å². The van der Waals surface area contributed by atoms with Crippen molar-refractivity contribution in [3.63, 3.8) is 0 Å². The van der Waals surface area contributed by atoms with Gasteiger partial charge in [0, 0.05) is 31.5 Å². The quantitative estimate of drug-likeness (QED) is 0.772. The summed E-state index contributed by atoms with van der Waals surface area (Å²) in [5.41, 5.74) is 6.91. The summed E-state index contributed by atoms with van der Waals surface area (Å²) in [6.45, 7) is 4.77. The lowest BCUT2D eigenvalue weighted by atomic mass is 10.1. The molecule has 1 aromatic heterocycles. The zero-order valence-electron chi connectivity index (χ0n) is 9.10. The van der Waals surface area contributed by atoms with Gasteiger partial charge in [-0.15, -0.1) is 0 Å². The Balaban J connectivity index is 2.67. The van der Waals surface area contributed by atoms with Gasteiger partial charge < -0.3 is 10.5 Å². The molecule has 4 nitrogen and oxygen atoms in total. The number of hydrogen-bond donors (Lipinski definition) is 1. The fraction of sp³-hybridized carbons (Fsp3) is 0.700. The molecule has 1 aromatic rings. The fourth-order valence-corrected chi connectivity index (χ4v) is 1.38. The van der Waals surface area contributed by atoms with E-state index in [9.17, 15) is 0 Å². The molecule has 1 heterocycles. The van der Waals surface area contributed by atoms with E-state index >= 15 is 0 Å². The molecule has 0 saturated carbocycles. The Morgan fingerprint density at radius 3 is 2.79 bits per heavy atom. The summed E-state index contributed by atoms with van der Waals surface area (Å²) in [7, 11) is 1.89. The second-order valence-electron chi connectivity index (χ2n) is 3.60. The Kier molecular flexibility index (Phi) is 4.10. The van der Waals surface area contributed by atoms with E-state index in [1.165, 1.54) is 0 Å². The van der Waals surface area contributed by atoms with E-state index in [0.717, 1.165) is 18.6 Å². The zero-order valence-corrected chi connectivity index (χ0v) is 9.10. The molecule has 0 aliphatic carbocycles. The van der Waals surface area contributed by atoms with Crippen LogP contribution in [0.25, 0.3) is 0 Å². The van der Waals surface area contributed by atoms with E-state index in [2.05, 4.69) is 12.0 Å². The molecule has 0 fully saturated rings. The molecule has 2 atom stereocenters. The number of aromatic nitrogens is 2. The lowest BCUT2D eigenvalue weighted by molar-refractivity contribution is 0.0387. The van der Waals surface area contributed by atoms with E-state index in [-0.39, 0.29) is 12.1 Å². The minimum atomic E-state index is -0.0383. The molecule has 4 heteroatoms. The monoisotopic (exact) mass is 197 g/mol. The first-order chi connectivity index (χ1) is 6.65. The second-order valence-corrected chi connectivity index (χ2v) is 3.60. The van der Waals surface area contributed by atoms with Crippen LogP contribution in [0.4, 0.5) is 0 Å². The average molecular weight is 197 g/mol. The van der Waals surface area contributed by atoms with Gasteiger partial charge in [0.1, 0.15) is 6.10 Å². The molecule has 0 saturated heterocycles. The molecular weight excluding hydrogens is 178 g/mol. The van der Waals surface area contributed by atoms with Crippen molar-refractivity contribution in [1.82, 2.24) is 9.78 Å². The first-order valence-electron chi connectivity index (χ1n) is 5.01. The molecule has 0 bridgehead atoms. The lowest BCUT2D eigenvalue weighted by Crippen LogP contribution is -2.27. The summed E-state index contributed by atoms with van der Waals surface area (Å²) in [5.74, 6) is 0. The summed E-state index contributed by atoms with van der Waals surface area (Å²) in [5, 5.41) is 4.11. The van der Waals surface area contributed by atoms with Gasteiger partial charge in [-0.1, -0.05) is 6.92 Å². The molecule has 0 radical (unpaired) electrons. The maximum atomic E-state index is 5.86. The van der Waals surface area contributed by atoms with Crippen molar-refractivity contribution in [3.05, 3.63) is 18.0 Å². The Morgan fingerprint density at radius 1 is 1.64 bits per heavy atom. The summed E-state index contributed by atoms with van der Waals surface area (Å²) in [4.78, 5) is 0. The van der Waals surface area contributed by atoms with E-state index in [4.69, 9.17) is 10.5 Å². The highest BCUT2D eigenvalue weighted by molar-refractivity contribution is 5.10. The molecule has 80 valence electrons. The van der Waals surface area contributed by atoms with Crippen LogP contribution in [0.5, 0.6) is 0 Å². The SMILES string of the molecule is CCCOC(c1cnn(C)c1)C(C)N. The van der Waals surface area contributed by atoms with Crippen molar-refractivity contribution in [3.8, 4) is 0 Å². The van der Waals surface area contributed by atoms with Gasteiger partial charge >= 0.3 is 0 Å². The molecule has 2 unspecified atom stereocenters. The van der Waals surface area contributed by atoms with Crippen LogP contribution >= 0.6 is 0 Å². The summed E-state index contributed by atoms with van der Waals surface area (Å²) in [6, 6.07) is -0.00856. The van der Waals surface area contributed by atoms with Crippen molar-refractivity contribution in [1.29, 1.82) is 0 Å². The number of aryl methyl sites for hydroxylation is 1. The van der Waals surface area contributed by atoms with Crippen LogP contribution in [0.3, 0.4) is 0 Å². The normalized spacial score (nSPS) is 15.4. The van der Waals surface area contributed by atoms with Gasteiger partial charge in [0.05, 0.1) is 6.20 Å². The topological polar surface area (TPSA) is 53.1 Å². The van der Waals surface area contributed by atoms with Crippen molar-refractivity contribution in [2.24, 2.45) is 12.8 Å². The number of hydrogen-bond acceptors (Lipinski definition) is 3. The van der Waals surface area contributed by atoms with E-state index in [1.807, 2.05) is 26.4 Å². The average Bonchev–Trinajstić information content (AvgIpc) is 2.52. The number of ether oxygens (including phenoxy) is 1. The molecule has 0 aliphatic heterocycles. The molecule has 0 aliphatic rings. The minimum Gasteiger partial charge on any atom is -0.372 e. The van der Waals surface area contributed by atoms with Gasteiger partial charge in [-0.2, -0.15) is 5.10 Å². The van der Waals surface area contributed by atoms with E-state index < -0.39 is 0 Å². The van der Waals surface area contributed by atoms with Crippen LogP contribution in [0.1, 0.15) is 31.9 Å².